The highest BCUT2D eigenvalue weighted by molar-refractivity contribution is 6.29. The number of nitrogens with zero attached hydrogens (tertiary/aromatic N) is 2. The van der Waals surface area contributed by atoms with Crippen molar-refractivity contribution in [3.63, 3.8) is 0 Å². The molecule has 19 heavy (non-hydrogen) atoms. The molecule has 0 aliphatic heterocycles. The molecule has 0 aliphatic rings. The molecule has 0 amide bonds. The van der Waals surface area contributed by atoms with Gasteiger partial charge in [0.2, 0.25) is 0 Å². The predicted molar refractivity (Wildman–Crippen MR) is 63.4 cm³/mol. The van der Waals surface area contributed by atoms with Crippen molar-refractivity contribution >= 4 is 23.1 Å². The van der Waals surface area contributed by atoms with Crippen LogP contribution in [0.4, 0.5) is 24.7 Å². The Balaban J connectivity index is 2.25. The van der Waals surface area contributed by atoms with Crippen molar-refractivity contribution < 1.29 is 17.9 Å². The summed E-state index contributed by atoms with van der Waals surface area (Å²) >= 11 is 5.63. The maximum Gasteiger partial charge on any atom is 0.573 e. The van der Waals surface area contributed by atoms with Crippen LogP contribution in [-0.2, 0) is 0 Å². The van der Waals surface area contributed by atoms with Crippen molar-refractivity contribution in [3.05, 3.63) is 41.8 Å². The Morgan fingerprint density at radius 3 is 2.58 bits per heavy atom. The Labute approximate surface area is 111 Å². The number of aromatic nitrogens is 2. The summed E-state index contributed by atoms with van der Waals surface area (Å²) in [6, 6.07) is 5.59. The monoisotopic (exact) mass is 289 g/mol. The molecule has 0 spiro atoms. The predicted octanol–water partition coefficient (Wildman–Crippen LogP) is 3.77. The van der Waals surface area contributed by atoms with Gasteiger partial charge in [-0.25, -0.2) is 4.98 Å². The summed E-state index contributed by atoms with van der Waals surface area (Å²) < 4.78 is 40.6. The van der Waals surface area contributed by atoms with E-state index in [4.69, 9.17) is 11.6 Å². The van der Waals surface area contributed by atoms with Gasteiger partial charge in [-0.3, -0.25) is 4.98 Å². The number of rotatable bonds is 3. The number of anilines is 2. The van der Waals surface area contributed by atoms with Gasteiger partial charge in [0.25, 0.3) is 0 Å². The Morgan fingerprint density at radius 2 is 1.89 bits per heavy atom. The van der Waals surface area contributed by atoms with Crippen molar-refractivity contribution in [2.45, 2.75) is 6.36 Å². The highest BCUT2D eigenvalue weighted by Crippen LogP contribution is 2.31. The Kier molecular flexibility index (Phi) is 3.75. The highest BCUT2D eigenvalue weighted by atomic mass is 35.5. The van der Waals surface area contributed by atoms with Crippen LogP contribution in [0.25, 0.3) is 0 Å². The molecule has 1 N–H and O–H groups in total. The van der Waals surface area contributed by atoms with Gasteiger partial charge in [-0.2, -0.15) is 0 Å². The van der Waals surface area contributed by atoms with E-state index in [2.05, 4.69) is 20.0 Å². The van der Waals surface area contributed by atoms with Gasteiger partial charge in [0.1, 0.15) is 5.15 Å². The van der Waals surface area contributed by atoms with Crippen molar-refractivity contribution in [1.29, 1.82) is 0 Å². The van der Waals surface area contributed by atoms with Crippen molar-refractivity contribution in [1.82, 2.24) is 9.97 Å². The molecular weight excluding hydrogens is 283 g/mol. The molecule has 1 aromatic heterocycles. The lowest BCUT2D eigenvalue weighted by Crippen LogP contribution is -2.17. The standard InChI is InChI=1S/C11H7ClF3N3O/c12-9-5-16-6-10(18-9)17-7-3-1-2-4-8(7)19-11(13,14)15/h1-6H,(H,17,18). The van der Waals surface area contributed by atoms with Crippen molar-refractivity contribution in [3.8, 4) is 5.75 Å². The molecule has 0 saturated carbocycles. The third-order valence-electron chi connectivity index (χ3n) is 1.98. The molecule has 4 nitrogen and oxygen atoms in total. The van der Waals surface area contributed by atoms with Gasteiger partial charge in [0.15, 0.2) is 11.6 Å². The minimum Gasteiger partial charge on any atom is -0.404 e. The number of nitrogens with one attached hydrogen (secondary N) is 1. The van der Waals surface area contributed by atoms with E-state index >= 15 is 0 Å². The van der Waals surface area contributed by atoms with Gasteiger partial charge < -0.3 is 10.1 Å². The first-order valence-electron chi connectivity index (χ1n) is 5.03. The van der Waals surface area contributed by atoms with E-state index in [9.17, 15) is 13.2 Å². The van der Waals surface area contributed by atoms with Crippen LogP contribution >= 0.6 is 11.6 Å². The van der Waals surface area contributed by atoms with Crippen LogP contribution in [0.2, 0.25) is 5.15 Å². The maximum atomic E-state index is 12.2. The van der Waals surface area contributed by atoms with Gasteiger partial charge >= 0.3 is 6.36 Å². The Hall–Kier alpha value is -2.02. The first-order valence-corrected chi connectivity index (χ1v) is 5.41. The maximum absolute atomic E-state index is 12.2. The number of hydrogen-bond donors (Lipinski definition) is 1. The van der Waals surface area contributed by atoms with Crippen molar-refractivity contribution in [2.75, 3.05) is 5.32 Å². The van der Waals surface area contributed by atoms with E-state index in [0.29, 0.717) is 0 Å². The van der Waals surface area contributed by atoms with E-state index < -0.39 is 6.36 Å². The largest absolute Gasteiger partial charge is 0.573 e. The SMILES string of the molecule is FC(F)(F)Oc1ccccc1Nc1cncc(Cl)n1. The zero-order valence-electron chi connectivity index (χ0n) is 9.28. The topological polar surface area (TPSA) is 47.0 Å². The number of benzene rings is 1. The van der Waals surface area contributed by atoms with Crippen LogP contribution in [0.15, 0.2) is 36.7 Å². The number of para-hydroxylation sites is 2. The van der Waals surface area contributed by atoms with E-state index in [0.717, 1.165) is 0 Å². The fourth-order valence-corrected chi connectivity index (χ4v) is 1.47. The molecule has 0 fully saturated rings. The fraction of sp³-hybridized carbons (Fsp3) is 0.0909. The smallest absolute Gasteiger partial charge is 0.404 e. The summed E-state index contributed by atoms with van der Waals surface area (Å²) in [7, 11) is 0. The minimum atomic E-state index is -4.77. The third kappa shape index (κ3) is 3.99. The zero-order chi connectivity index (χ0) is 13.9. The molecule has 0 saturated heterocycles. The number of ether oxygens (including phenoxy) is 1. The molecule has 0 aliphatic carbocycles. The Morgan fingerprint density at radius 1 is 1.16 bits per heavy atom. The highest BCUT2D eigenvalue weighted by Gasteiger charge is 2.32. The van der Waals surface area contributed by atoms with Crippen LogP contribution in [0, 0.1) is 0 Å². The molecule has 0 radical (unpaired) electrons. The summed E-state index contributed by atoms with van der Waals surface area (Å²) in [5.41, 5.74) is 0.108. The van der Waals surface area contributed by atoms with E-state index in [1.54, 1.807) is 6.07 Å². The van der Waals surface area contributed by atoms with Gasteiger partial charge in [0, 0.05) is 0 Å². The van der Waals surface area contributed by atoms with Gasteiger partial charge in [-0.1, -0.05) is 23.7 Å². The van der Waals surface area contributed by atoms with E-state index in [-0.39, 0.29) is 22.4 Å². The minimum absolute atomic E-state index is 0.108. The zero-order valence-corrected chi connectivity index (χ0v) is 10.0. The average molecular weight is 290 g/mol. The second-order valence-electron chi connectivity index (χ2n) is 3.40. The molecule has 1 heterocycles. The molecule has 100 valence electrons. The lowest BCUT2D eigenvalue weighted by molar-refractivity contribution is -0.274. The molecular formula is C11H7ClF3N3O. The second-order valence-corrected chi connectivity index (χ2v) is 3.78. The van der Waals surface area contributed by atoms with E-state index in [1.807, 2.05) is 0 Å². The first kappa shape index (κ1) is 13.4. The normalized spacial score (nSPS) is 11.2. The summed E-state index contributed by atoms with van der Waals surface area (Å²) in [4.78, 5) is 7.63. The second kappa shape index (κ2) is 5.31. The summed E-state index contributed by atoms with van der Waals surface area (Å²) in [6.45, 7) is 0. The summed E-state index contributed by atoms with van der Waals surface area (Å²) in [5, 5.41) is 2.78. The average Bonchev–Trinajstić information content (AvgIpc) is 2.30. The lowest BCUT2D eigenvalue weighted by Gasteiger charge is -2.13. The molecule has 2 aromatic rings. The first-order chi connectivity index (χ1) is 8.94. The fourth-order valence-electron chi connectivity index (χ4n) is 1.32. The molecule has 0 atom stereocenters. The van der Waals surface area contributed by atoms with Gasteiger partial charge in [0.05, 0.1) is 18.1 Å². The third-order valence-corrected chi connectivity index (χ3v) is 2.16. The lowest BCUT2D eigenvalue weighted by atomic mass is 10.3. The molecule has 2 rings (SSSR count). The van der Waals surface area contributed by atoms with Gasteiger partial charge in [-0.05, 0) is 12.1 Å². The van der Waals surface area contributed by atoms with Crippen LogP contribution in [0.1, 0.15) is 0 Å². The molecule has 0 unspecified atom stereocenters. The number of hydrogen-bond acceptors (Lipinski definition) is 4. The molecule has 0 bridgehead atoms. The van der Waals surface area contributed by atoms with Gasteiger partial charge in [-0.15, -0.1) is 13.2 Å². The molecule has 1 aromatic carbocycles. The summed E-state index contributed by atoms with van der Waals surface area (Å²) in [6.07, 6.45) is -2.13. The number of halogens is 4. The van der Waals surface area contributed by atoms with Crippen LogP contribution in [-0.4, -0.2) is 16.3 Å². The number of alkyl halides is 3. The van der Waals surface area contributed by atoms with Crippen LogP contribution in [0.3, 0.4) is 0 Å². The van der Waals surface area contributed by atoms with E-state index in [1.165, 1.54) is 30.6 Å². The van der Waals surface area contributed by atoms with Crippen LogP contribution < -0.4 is 10.1 Å². The van der Waals surface area contributed by atoms with Crippen LogP contribution in [0.5, 0.6) is 5.75 Å². The summed E-state index contributed by atoms with van der Waals surface area (Å²) in [5.74, 6) is -0.150. The molecule has 8 heteroatoms. The Bertz CT molecular complexity index is 577. The van der Waals surface area contributed by atoms with Crippen molar-refractivity contribution in [2.24, 2.45) is 0 Å². The quantitative estimate of drug-likeness (QED) is 0.934.